The van der Waals surface area contributed by atoms with Crippen LogP contribution in [0.1, 0.15) is 10.5 Å². The van der Waals surface area contributed by atoms with Gasteiger partial charge in [-0.15, -0.1) is 0 Å². The number of benzene rings is 1. The van der Waals surface area contributed by atoms with Gasteiger partial charge in [0.15, 0.2) is 11.6 Å². The molecule has 3 nitrogen and oxygen atoms in total. The second kappa shape index (κ2) is 3.27. The van der Waals surface area contributed by atoms with Crippen molar-refractivity contribution in [1.82, 2.24) is 4.98 Å². The van der Waals surface area contributed by atoms with Crippen molar-refractivity contribution in [2.75, 3.05) is 0 Å². The average molecular weight is 208 g/mol. The molecule has 0 atom stereocenters. The van der Waals surface area contributed by atoms with Crippen molar-refractivity contribution >= 4 is 16.8 Å². The molecule has 0 aliphatic carbocycles. The fourth-order valence-electron chi connectivity index (χ4n) is 1.26. The highest BCUT2D eigenvalue weighted by Gasteiger charge is 2.07. The SMILES string of the molecule is NC(=O)c1ccc2cc(F)c(F)cc2n1. The monoisotopic (exact) mass is 208 g/mol. The van der Waals surface area contributed by atoms with Crippen molar-refractivity contribution in [3.8, 4) is 0 Å². The molecule has 2 aromatic rings. The number of hydrogen-bond donors (Lipinski definition) is 1. The van der Waals surface area contributed by atoms with Gasteiger partial charge in [-0.2, -0.15) is 0 Å². The second-order valence-corrected chi connectivity index (χ2v) is 3.02. The van der Waals surface area contributed by atoms with Gasteiger partial charge < -0.3 is 5.73 Å². The summed E-state index contributed by atoms with van der Waals surface area (Å²) >= 11 is 0. The summed E-state index contributed by atoms with van der Waals surface area (Å²) in [6, 6.07) is 4.77. The van der Waals surface area contributed by atoms with E-state index in [9.17, 15) is 13.6 Å². The maximum absolute atomic E-state index is 12.9. The average Bonchev–Trinajstić information content (AvgIpc) is 2.19. The molecule has 0 radical (unpaired) electrons. The standard InChI is InChI=1S/C10H6F2N2O/c11-6-3-5-1-2-8(10(13)15)14-9(5)4-7(6)12/h1-4H,(H2,13,15). The van der Waals surface area contributed by atoms with Gasteiger partial charge in [0.1, 0.15) is 5.69 Å². The molecule has 5 heteroatoms. The van der Waals surface area contributed by atoms with Crippen molar-refractivity contribution in [1.29, 1.82) is 0 Å². The highest BCUT2D eigenvalue weighted by molar-refractivity contribution is 5.93. The van der Waals surface area contributed by atoms with E-state index in [1.165, 1.54) is 12.1 Å². The normalized spacial score (nSPS) is 10.5. The molecule has 1 heterocycles. The number of nitrogens with two attached hydrogens (primary N) is 1. The van der Waals surface area contributed by atoms with E-state index in [4.69, 9.17) is 5.73 Å². The minimum Gasteiger partial charge on any atom is -0.364 e. The van der Waals surface area contributed by atoms with Crippen LogP contribution in [-0.2, 0) is 0 Å². The van der Waals surface area contributed by atoms with Crippen LogP contribution in [-0.4, -0.2) is 10.9 Å². The third-order valence-corrected chi connectivity index (χ3v) is 1.98. The summed E-state index contributed by atoms with van der Waals surface area (Å²) in [6.45, 7) is 0. The van der Waals surface area contributed by atoms with Crippen LogP contribution in [0.25, 0.3) is 10.9 Å². The number of fused-ring (bicyclic) bond motifs is 1. The molecule has 2 N–H and O–H groups in total. The fourth-order valence-corrected chi connectivity index (χ4v) is 1.26. The van der Waals surface area contributed by atoms with Crippen molar-refractivity contribution < 1.29 is 13.6 Å². The third kappa shape index (κ3) is 1.63. The maximum Gasteiger partial charge on any atom is 0.267 e. The van der Waals surface area contributed by atoms with Crippen LogP contribution in [0.15, 0.2) is 24.3 Å². The zero-order valence-corrected chi connectivity index (χ0v) is 7.50. The van der Waals surface area contributed by atoms with Gasteiger partial charge in [-0.25, -0.2) is 13.8 Å². The van der Waals surface area contributed by atoms with Crippen molar-refractivity contribution in [2.45, 2.75) is 0 Å². The number of halogens is 2. The Morgan fingerprint density at radius 2 is 1.87 bits per heavy atom. The molecule has 0 saturated heterocycles. The Bertz CT molecular complexity index is 554. The van der Waals surface area contributed by atoms with Crippen LogP contribution < -0.4 is 5.73 Å². The molecule has 0 saturated carbocycles. The lowest BCUT2D eigenvalue weighted by atomic mass is 10.2. The molecule has 0 fully saturated rings. The van der Waals surface area contributed by atoms with Gasteiger partial charge in [0.2, 0.25) is 0 Å². The molecule has 0 spiro atoms. The minimum atomic E-state index is -1.00. The van der Waals surface area contributed by atoms with Gasteiger partial charge in [0.25, 0.3) is 5.91 Å². The predicted octanol–water partition coefficient (Wildman–Crippen LogP) is 1.61. The summed E-state index contributed by atoms with van der Waals surface area (Å²) in [5, 5.41) is 0.416. The van der Waals surface area contributed by atoms with E-state index in [0.29, 0.717) is 5.39 Å². The minimum absolute atomic E-state index is 0.0218. The summed E-state index contributed by atoms with van der Waals surface area (Å²) in [4.78, 5) is 14.6. The third-order valence-electron chi connectivity index (χ3n) is 1.98. The second-order valence-electron chi connectivity index (χ2n) is 3.02. The lowest BCUT2D eigenvalue weighted by Crippen LogP contribution is -2.12. The number of primary amides is 1. The maximum atomic E-state index is 12.9. The predicted molar refractivity (Wildman–Crippen MR) is 50.2 cm³/mol. The molecule has 0 aliphatic heterocycles. The fraction of sp³-hybridized carbons (Fsp3) is 0. The van der Waals surface area contributed by atoms with Crippen LogP contribution >= 0.6 is 0 Å². The Morgan fingerprint density at radius 1 is 1.20 bits per heavy atom. The Morgan fingerprint density at radius 3 is 2.53 bits per heavy atom. The van der Waals surface area contributed by atoms with E-state index >= 15 is 0 Å². The van der Waals surface area contributed by atoms with E-state index in [1.807, 2.05) is 0 Å². The number of hydrogen-bond acceptors (Lipinski definition) is 2. The van der Waals surface area contributed by atoms with E-state index in [2.05, 4.69) is 4.98 Å². The van der Waals surface area contributed by atoms with Gasteiger partial charge in [0.05, 0.1) is 5.52 Å². The number of carbonyl (C=O) groups excluding carboxylic acids is 1. The van der Waals surface area contributed by atoms with E-state index in [1.54, 1.807) is 0 Å². The largest absolute Gasteiger partial charge is 0.364 e. The summed E-state index contributed by atoms with van der Waals surface area (Å²) < 4.78 is 25.7. The van der Waals surface area contributed by atoms with Crippen LogP contribution in [0, 0.1) is 11.6 Å². The van der Waals surface area contributed by atoms with E-state index < -0.39 is 17.5 Å². The zero-order valence-electron chi connectivity index (χ0n) is 7.50. The molecule has 1 amide bonds. The Kier molecular flexibility index (Phi) is 2.07. The lowest BCUT2D eigenvalue weighted by molar-refractivity contribution is 0.0996. The van der Waals surface area contributed by atoms with Gasteiger partial charge >= 0.3 is 0 Å². The number of amides is 1. The van der Waals surface area contributed by atoms with Crippen LogP contribution in [0.3, 0.4) is 0 Å². The van der Waals surface area contributed by atoms with Crippen molar-refractivity contribution in [3.63, 3.8) is 0 Å². The summed E-state index contributed by atoms with van der Waals surface area (Å²) in [6.07, 6.45) is 0. The molecular weight excluding hydrogens is 202 g/mol. The molecule has 76 valence electrons. The lowest BCUT2D eigenvalue weighted by Gasteiger charge is -2.00. The van der Waals surface area contributed by atoms with Gasteiger partial charge in [-0.3, -0.25) is 4.79 Å². The van der Waals surface area contributed by atoms with Gasteiger partial charge in [0, 0.05) is 11.5 Å². The molecule has 2 rings (SSSR count). The highest BCUT2D eigenvalue weighted by Crippen LogP contribution is 2.16. The van der Waals surface area contributed by atoms with Crippen molar-refractivity contribution in [2.24, 2.45) is 5.73 Å². The number of rotatable bonds is 1. The van der Waals surface area contributed by atoms with Crippen molar-refractivity contribution in [3.05, 3.63) is 41.6 Å². The summed E-state index contributed by atoms with van der Waals surface area (Å²) in [7, 11) is 0. The Hall–Kier alpha value is -2.04. The molecule has 0 unspecified atom stereocenters. The molecule has 15 heavy (non-hydrogen) atoms. The van der Waals surface area contributed by atoms with E-state index in [-0.39, 0.29) is 11.2 Å². The molecule has 0 bridgehead atoms. The van der Waals surface area contributed by atoms with E-state index in [0.717, 1.165) is 12.1 Å². The smallest absolute Gasteiger partial charge is 0.267 e. The molecule has 0 aliphatic rings. The zero-order chi connectivity index (χ0) is 11.0. The quantitative estimate of drug-likeness (QED) is 0.774. The first-order valence-corrected chi connectivity index (χ1v) is 4.13. The summed E-state index contributed by atoms with van der Waals surface area (Å²) in [5.74, 6) is -2.66. The van der Waals surface area contributed by atoms with Gasteiger partial charge in [-0.05, 0) is 12.1 Å². The Labute approximate surface area is 83.5 Å². The molecular formula is C10H6F2N2O. The summed E-state index contributed by atoms with van der Waals surface area (Å²) in [5.41, 5.74) is 5.22. The molecule has 1 aromatic heterocycles. The first-order valence-electron chi connectivity index (χ1n) is 4.13. The van der Waals surface area contributed by atoms with Crippen LogP contribution in [0.4, 0.5) is 8.78 Å². The highest BCUT2D eigenvalue weighted by atomic mass is 19.2. The first kappa shape index (κ1) is 9.51. The van der Waals surface area contributed by atoms with Crippen LogP contribution in [0.2, 0.25) is 0 Å². The number of nitrogens with zero attached hydrogens (tertiary/aromatic N) is 1. The first-order chi connectivity index (χ1) is 7.08. The van der Waals surface area contributed by atoms with Crippen LogP contribution in [0.5, 0.6) is 0 Å². The topological polar surface area (TPSA) is 56.0 Å². The molecule has 1 aromatic carbocycles. The number of carbonyl (C=O) groups is 1. The number of pyridine rings is 1. The van der Waals surface area contributed by atoms with Gasteiger partial charge in [-0.1, -0.05) is 6.07 Å². The number of aromatic nitrogens is 1. The Balaban J connectivity index is 2.72.